The molecule has 0 bridgehead atoms. The fourth-order valence-electron chi connectivity index (χ4n) is 3.06. The van der Waals surface area contributed by atoms with Crippen LogP contribution in [0.1, 0.15) is 40.3 Å². The minimum Gasteiger partial charge on any atom is -0.332 e. The van der Waals surface area contributed by atoms with Crippen molar-refractivity contribution in [1.82, 2.24) is 24.6 Å². The van der Waals surface area contributed by atoms with Crippen molar-refractivity contribution in [2.24, 2.45) is 4.36 Å². The predicted octanol–water partition coefficient (Wildman–Crippen LogP) is 3.75. The van der Waals surface area contributed by atoms with Gasteiger partial charge < -0.3 is 4.90 Å². The highest BCUT2D eigenvalue weighted by Crippen LogP contribution is 2.31. The summed E-state index contributed by atoms with van der Waals surface area (Å²) in [5.74, 6) is -0.0774. The van der Waals surface area contributed by atoms with Crippen molar-refractivity contribution in [2.75, 3.05) is 19.6 Å². The molecule has 178 valence electrons. The van der Waals surface area contributed by atoms with Gasteiger partial charge in [-0.05, 0) is 37.3 Å². The molecule has 0 aliphatic heterocycles. The van der Waals surface area contributed by atoms with Crippen molar-refractivity contribution in [3.63, 3.8) is 0 Å². The first kappa shape index (κ1) is 24.8. The number of carbonyl (C=O) groups is 1. The molecule has 0 spiro atoms. The number of nitriles is 1. The number of carbonyl (C=O) groups excluding carboxylic acids is 1. The number of amides is 1. The molecule has 0 unspecified atom stereocenters. The monoisotopic (exact) mass is 491 g/mol. The van der Waals surface area contributed by atoms with Crippen molar-refractivity contribution in [3.05, 3.63) is 65.4 Å². The number of rotatable bonds is 5. The third kappa shape index (κ3) is 5.57. The Morgan fingerprint density at radius 3 is 2.50 bits per heavy atom. The minimum atomic E-state index is -4.71. The molecule has 0 saturated heterocycles. The molecular weight excluding hydrogens is 471 g/mol. The van der Waals surface area contributed by atoms with Crippen molar-refractivity contribution in [1.29, 1.82) is 5.26 Å². The molecule has 0 N–H and O–H groups in total. The third-order valence-electron chi connectivity index (χ3n) is 4.76. The first-order valence-corrected chi connectivity index (χ1v) is 12.1. The minimum absolute atomic E-state index is 0.278. The van der Waals surface area contributed by atoms with E-state index in [9.17, 15) is 22.2 Å². The van der Waals surface area contributed by atoms with Crippen molar-refractivity contribution >= 4 is 21.3 Å². The molecule has 1 amide bonds. The van der Waals surface area contributed by atoms with Crippen LogP contribution in [0.3, 0.4) is 0 Å². The zero-order valence-electron chi connectivity index (χ0n) is 18.6. The molecule has 1 aromatic carbocycles. The highest BCUT2D eigenvalue weighted by Gasteiger charge is 2.33. The molecule has 34 heavy (non-hydrogen) atoms. The Bertz CT molecular complexity index is 1380. The summed E-state index contributed by atoms with van der Waals surface area (Å²) in [6, 6.07) is 6.62. The summed E-state index contributed by atoms with van der Waals surface area (Å²) in [6.07, 6.45) is 0.954. The topological polar surface area (TPSA) is 117 Å². The maximum atomic E-state index is 13.2. The number of aromatic nitrogens is 4. The van der Waals surface area contributed by atoms with E-state index < -0.39 is 33.4 Å². The summed E-state index contributed by atoms with van der Waals surface area (Å²) < 4.78 is 56.9. The predicted molar refractivity (Wildman–Crippen MR) is 118 cm³/mol. The zero-order chi connectivity index (χ0) is 25.3. The number of hydrogen-bond acceptors (Lipinski definition) is 7. The van der Waals surface area contributed by atoms with E-state index in [4.69, 9.17) is 5.26 Å². The van der Waals surface area contributed by atoms with Crippen LogP contribution in [0, 0.1) is 11.3 Å². The van der Waals surface area contributed by atoms with Gasteiger partial charge in [0.25, 0.3) is 5.91 Å². The molecule has 13 heteroatoms. The Kier molecular flexibility index (Phi) is 6.74. The fourth-order valence-corrected chi connectivity index (χ4v) is 3.67. The van der Waals surface area contributed by atoms with Crippen LogP contribution in [-0.4, -0.2) is 54.3 Å². The van der Waals surface area contributed by atoms with Gasteiger partial charge in [-0.25, -0.2) is 14.2 Å². The van der Waals surface area contributed by atoms with Crippen LogP contribution in [0.2, 0.25) is 0 Å². The van der Waals surface area contributed by atoms with Crippen LogP contribution in [0.25, 0.3) is 5.82 Å². The average Bonchev–Trinajstić information content (AvgIpc) is 3.26. The largest absolute Gasteiger partial charge is 0.416 e. The molecule has 0 fully saturated rings. The van der Waals surface area contributed by atoms with Crippen LogP contribution in [0.5, 0.6) is 0 Å². The number of pyridine rings is 1. The normalized spacial score (nSPS) is 12.6. The number of benzene rings is 1. The first-order chi connectivity index (χ1) is 15.8. The lowest BCUT2D eigenvalue weighted by Gasteiger charge is -2.25. The van der Waals surface area contributed by atoms with Crippen molar-refractivity contribution < 1.29 is 22.2 Å². The summed E-state index contributed by atoms with van der Waals surface area (Å²) in [6.45, 7) is 1.63. The molecule has 3 aromatic rings. The van der Waals surface area contributed by atoms with Gasteiger partial charge in [0.15, 0.2) is 11.6 Å². The van der Waals surface area contributed by atoms with Gasteiger partial charge in [-0.1, -0.05) is 0 Å². The molecule has 2 aromatic heterocycles. The Morgan fingerprint density at radius 2 is 1.94 bits per heavy atom. The second-order valence-corrected chi connectivity index (χ2v) is 10.2. The number of hydrogen-bond donors (Lipinski definition) is 0. The maximum Gasteiger partial charge on any atom is 0.416 e. The standard InChI is InChI=1S/C21H20F3N7O2S/c1-13(30(2)20(32)15-7-14(10-25)8-16(9-15)21(22,23)24)19-27-12-28-31(19)18-6-5-17(11-26-18)29-34(3,4)33/h5-9,11-13H,1-4H3/t13-/m0/s1. The Morgan fingerprint density at radius 1 is 1.24 bits per heavy atom. The number of nitrogens with zero attached hydrogens (tertiary/aromatic N) is 7. The zero-order valence-corrected chi connectivity index (χ0v) is 19.4. The lowest BCUT2D eigenvalue weighted by molar-refractivity contribution is -0.137. The van der Waals surface area contributed by atoms with Crippen LogP contribution < -0.4 is 0 Å². The van der Waals surface area contributed by atoms with Crippen molar-refractivity contribution in [3.8, 4) is 11.9 Å². The van der Waals surface area contributed by atoms with E-state index in [2.05, 4.69) is 19.4 Å². The molecular formula is C21H20F3N7O2S. The quantitative estimate of drug-likeness (QED) is 0.537. The first-order valence-electron chi connectivity index (χ1n) is 9.73. The smallest absolute Gasteiger partial charge is 0.332 e. The van der Waals surface area contributed by atoms with Gasteiger partial charge in [0.2, 0.25) is 0 Å². The third-order valence-corrected chi connectivity index (χ3v) is 5.41. The number of alkyl halides is 3. The summed E-state index contributed by atoms with van der Waals surface area (Å²) in [7, 11) is -0.955. The SMILES string of the molecule is C[C@@H](c1ncnn1-c1ccc(N=S(C)(C)=O)cn1)N(C)C(=O)c1cc(C#N)cc(C(F)(F)F)c1. The second kappa shape index (κ2) is 9.22. The van der Waals surface area contributed by atoms with E-state index in [0.29, 0.717) is 29.5 Å². The maximum absolute atomic E-state index is 13.2. The van der Waals surface area contributed by atoms with Crippen LogP contribution >= 0.6 is 0 Å². The molecule has 1 atom stereocenters. The fraction of sp³-hybridized carbons (Fsp3) is 0.286. The van der Waals surface area contributed by atoms with Gasteiger partial charge in [-0.3, -0.25) is 4.79 Å². The highest BCUT2D eigenvalue weighted by atomic mass is 32.2. The lowest BCUT2D eigenvalue weighted by Crippen LogP contribution is -2.31. The molecule has 2 heterocycles. The molecule has 9 nitrogen and oxygen atoms in total. The van der Waals surface area contributed by atoms with E-state index in [-0.39, 0.29) is 11.1 Å². The van der Waals surface area contributed by atoms with Gasteiger partial charge in [0.05, 0.1) is 35.1 Å². The van der Waals surface area contributed by atoms with Crippen LogP contribution in [0.15, 0.2) is 47.2 Å². The molecule has 0 saturated carbocycles. The van der Waals surface area contributed by atoms with E-state index in [0.717, 1.165) is 6.07 Å². The van der Waals surface area contributed by atoms with Gasteiger partial charge in [0, 0.05) is 34.9 Å². The molecule has 3 rings (SSSR count). The Balaban J connectivity index is 1.92. The molecule has 0 aliphatic rings. The summed E-state index contributed by atoms with van der Waals surface area (Å²) in [5, 5.41) is 13.2. The van der Waals surface area contributed by atoms with E-state index in [1.165, 1.54) is 41.7 Å². The van der Waals surface area contributed by atoms with E-state index >= 15 is 0 Å². The number of halogens is 3. The average molecular weight is 491 g/mol. The van der Waals surface area contributed by atoms with E-state index in [1.54, 1.807) is 25.1 Å². The van der Waals surface area contributed by atoms with Crippen LogP contribution in [0.4, 0.5) is 18.9 Å². The Hall–Kier alpha value is -3.79. The van der Waals surface area contributed by atoms with Crippen molar-refractivity contribution in [2.45, 2.75) is 19.1 Å². The lowest BCUT2D eigenvalue weighted by atomic mass is 10.0. The van der Waals surface area contributed by atoms with Gasteiger partial charge in [-0.2, -0.15) is 32.6 Å². The van der Waals surface area contributed by atoms with Crippen LogP contribution in [-0.2, 0) is 15.9 Å². The highest BCUT2D eigenvalue weighted by molar-refractivity contribution is 7.92. The summed E-state index contributed by atoms with van der Waals surface area (Å²) in [5.41, 5.74) is -1.23. The molecule has 0 radical (unpaired) electrons. The van der Waals surface area contributed by atoms with Gasteiger partial charge >= 0.3 is 6.18 Å². The molecule has 0 aliphatic carbocycles. The summed E-state index contributed by atoms with van der Waals surface area (Å²) in [4.78, 5) is 22.6. The Labute approximate surface area is 194 Å². The van der Waals surface area contributed by atoms with Gasteiger partial charge in [0.1, 0.15) is 6.33 Å². The van der Waals surface area contributed by atoms with Gasteiger partial charge in [-0.15, -0.1) is 0 Å². The van der Waals surface area contributed by atoms with E-state index in [1.807, 2.05) is 0 Å². The summed E-state index contributed by atoms with van der Waals surface area (Å²) >= 11 is 0. The second-order valence-electron chi connectivity index (χ2n) is 7.68.